The maximum Gasteiger partial charge on any atom is 0.416 e. The summed E-state index contributed by atoms with van der Waals surface area (Å²) in [6.07, 6.45) is -2.48. The van der Waals surface area contributed by atoms with E-state index < -0.39 is 11.7 Å². The minimum Gasteiger partial charge on any atom is -0.497 e. The van der Waals surface area contributed by atoms with Gasteiger partial charge in [-0.1, -0.05) is 36.4 Å². The number of nitrogens with zero attached hydrogens (tertiary/aromatic N) is 2. The van der Waals surface area contributed by atoms with Crippen molar-refractivity contribution in [1.82, 2.24) is 10.3 Å². The number of alkyl halides is 3. The third-order valence-corrected chi connectivity index (χ3v) is 5.66. The first-order valence-electron chi connectivity index (χ1n) is 10.2. The molecule has 0 spiro atoms. The van der Waals surface area contributed by atoms with Gasteiger partial charge in [-0.05, 0) is 42.0 Å². The van der Waals surface area contributed by atoms with E-state index in [0.29, 0.717) is 23.6 Å². The molecule has 0 aliphatic carbocycles. The highest BCUT2D eigenvalue weighted by Crippen LogP contribution is 2.34. The second-order valence-corrected chi connectivity index (χ2v) is 7.73. The fourth-order valence-corrected chi connectivity index (χ4v) is 4.00. The zero-order valence-corrected chi connectivity index (χ0v) is 18.1. The molecule has 0 saturated carbocycles. The summed E-state index contributed by atoms with van der Waals surface area (Å²) in [4.78, 5) is 1.92. The Balaban J connectivity index is 0.00000274. The molecule has 0 amide bonds. The van der Waals surface area contributed by atoms with Gasteiger partial charge in [0.1, 0.15) is 11.4 Å². The normalized spacial score (nSPS) is 14.6. The Labute approximate surface area is 193 Å². The molecule has 4 N–H and O–H groups in total. The van der Waals surface area contributed by atoms with E-state index in [1.54, 1.807) is 7.11 Å². The molecule has 0 bridgehead atoms. The number of hydrogen-bond donors (Lipinski definition) is 2. The van der Waals surface area contributed by atoms with E-state index in [0.717, 1.165) is 33.9 Å². The molecule has 2 aliphatic heterocycles. The first-order valence-corrected chi connectivity index (χ1v) is 10.2. The van der Waals surface area contributed by atoms with Crippen molar-refractivity contribution in [2.45, 2.75) is 12.7 Å². The summed E-state index contributed by atoms with van der Waals surface area (Å²) in [5, 5.41) is 14.4. The number of nitrogens with one attached hydrogen (secondary N) is 1. The van der Waals surface area contributed by atoms with Crippen molar-refractivity contribution in [2.24, 2.45) is 0 Å². The summed E-state index contributed by atoms with van der Waals surface area (Å²) in [6.45, 7) is 0.476. The van der Waals surface area contributed by atoms with Gasteiger partial charge in [0.15, 0.2) is 0 Å². The van der Waals surface area contributed by atoms with Gasteiger partial charge in [-0.2, -0.15) is 13.2 Å². The Kier molecular flexibility index (Phi) is 5.89. The molecule has 6 nitrogen and oxygen atoms in total. The van der Waals surface area contributed by atoms with Gasteiger partial charge in [0.25, 0.3) is 0 Å². The number of fused-ring (bicyclic) bond motifs is 2. The van der Waals surface area contributed by atoms with Gasteiger partial charge in [0.2, 0.25) is 5.88 Å². The number of anilines is 1. The quantitative estimate of drug-likeness (QED) is 0.614. The number of aliphatic hydroxyl groups is 1. The lowest BCUT2D eigenvalue weighted by Gasteiger charge is -2.25. The molecular weight excluding hydrogens is 447 g/mol. The molecule has 0 fully saturated rings. The predicted molar refractivity (Wildman–Crippen MR) is 122 cm³/mol. The van der Waals surface area contributed by atoms with E-state index in [9.17, 15) is 18.3 Å². The van der Waals surface area contributed by atoms with E-state index in [1.165, 1.54) is 17.1 Å². The van der Waals surface area contributed by atoms with Gasteiger partial charge in [-0.25, -0.2) is 5.01 Å². The fourth-order valence-electron chi connectivity index (χ4n) is 4.00. The largest absolute Gasteiger partial charge is 0.497 e. The molecule has 34 heavy (non-hydrogen) atoms. The number of benzene rings is 3. The average Bonchev–Trinajstić information content (AvgIpc) is 3.17. The molecular formula is C25H22F3N3O3. The number of methoxy groups -OCH3 is 1. The van der Waals surface area contributed by atoms with Crippen molar-refractivity contribution in [2.75, 3.05) is 12.1 Å². The highest BCUT2D eigenvalue weighted by atomic mass is 19.4. The molecule has 2 aliphatic rings. The van der Waals surface area contributed by atoms with Crippen LogP contribution in [0.5, 0.6) is 5.75 Å². The third kappa shape index (κ3) is 4.01. The van der Waals surface area contributed by atoms with Gasteiger partial charge in [-0.3, -0.25) is 5.43 Å². The first kappa shape index (κ1) is 23.1. The number of halogens is 3. The van der Waals surface area contributed by atoms with Gasteiger partial charge in [-0.15, -0.1) is 0 Å². The van der Waals surface area contributed by atoms with Gasteiger partial charge in [0, 0.05) is 23.2 Å². The average molecular weight is 469 g/mol. The molecule has 0 aromatic heterocycles. The van der Waals surface area contributed by atoms with Gasteiger partial charge in [0.05, 0.1) is 24.1 Å². The Morgan fingerprint density at radius 2 is 1.62 bits per heavy atom. The number of hydrazine groups is 1. The van der Waals surface area contributed by atoms with Crippen molar-refractivity contribution in [3.8, 4) is 5.75 Å². The lowest BCUT2D eigenvalue weighted by molar-refractivity contribution is -0.137. The molecule has 9 heteroatoms. The summed E-state index contributed by atoms with van der Waals surface area (Å²) in [6, 6.07) is 20.0. The number of hydrogen-bond acceptors (Lipinski definition) is 5. The van der Waals surface area contributed by atoms with Gasteiger partial charge >= 0.3 is 6.18 Å². The van der Waals surface area contributed by atoms with Crippen LogP contribution >= 0.6 is 0 Å². The van der Waals surface area contributed by atoms with Crippen LogP contribution in [0.2, 0.25) is 0 Å². The van der Waals surface area contributed by atoms with Crippen LogP contribution in [0.1, 0.15) is 11.1 Å². The third-order valence-electron chi connectivity index (χ3n) is 5.66. The van der Waals surface area contributed by atoms with E-state index in [2.05, 4.69) is 5.43 Å². The lowest BCUT2D eigenvalue weighted by Crippen LogP contribution is -2.40. The molecule has 5 rings (SSSR count). The number of ether oxygens (including phenoxy) is 1. The zero-order valence-electron chi connectivity index (χ0n) is 18.1. The SMILES string of the molecule is COc1ccc(CN2C=c3ccccc3=C3NN(c4ccc(C(F)(F)F)cc4)C(O)=C32)cc1.O. The Morgan fingerprint density at radius 3 is 2.26 bits per heavy atom. The van der Waals surface area contributed by atoms with Crippen LogP contribution in [0, 0.1) is 0 Å². The fraction of sp³-hybridized carbons (Fsp3) is 0.120. The summed E-state index contributed by atoms with van der Waals surface area (Å²) in [7, 11) is 1.61. The maximum absolute atomic E-state index is 13.0. The van der Waals surface area contributed by atoms with E-state index in [-0.39, 0.29) is 11.4 Å². The van der Waals surface area contributed by atoms with Crippen LogP contribution in [0.15, 0.2) is 84.4 Å². The minimum atomic E-state index is -4.43. The van der Waals surface area contributed by atoms with Crippen LogP contribution in [-0.4, -0.2) is 22.6 Å². The molecule has 0 atom stereocenters. The van der Waals surface area contributed by atoms with Crippen molar-refractivity contribution >= 4 is 17.6 Å². The second kappa shape index (κ2) is 8.68. The molecule has 2 heterocycles. The highest BCUT2D eigenvalue weighted by molar-refractivity contribution is 5.75. The number of aliphatic hydroxyl groups excluding tert-OH is 1. The topological polar surface area (TPSA) is 79.5 Å². The smallest absolute Gasteiger partial charge is 0.416 e. The lowest BCUT2D eigenvalue weighted by atomic mass is 10.1. The molecule has 3 aromatic carbocycles. The monoisotopic (exact) mass is 469 g/mol. The van der Waals surface area contributed by atoms with Crippen LogP contribution in [0.4, 0.5) is 18.9 Å². The van der Waals surface area contributed by atoms with Crippen molar-refractivity contribution in [1.29, 1.82) is 0 Å². The van der Waals surface area contributed by atoms with Crippen molar-refractivity contribution in [3.63, 3.8) is 0 Å². The molecule has 176 valence electrons. The standard InChI is InChI=1S/C25H20F3N3O2.H2O/c1-33-20-12-6-16(7-13-20)14-30-15-17-4-2-3-5-21(17)22-23(30)24(32)31(29-22)19-10-8-18(9-11-19)25(26,27)28;/h2-13,15,29,32H,14H2,1H3;1H2. The molecule has 3 aromatic rings. The van der Waals surface area contributed by atoms with Gasteiger partial charge < -0.3 is 20.2 Å². The Morgan fingerprint density at radius 1 is 0.941 bits per heavy atom. The van der Waals surface area contributed by atoms with Crippen LogP contribution in [-0.2, 0) is 12.7 Å². The maximum atomic E-state index is 13.0. The highest BCUT2D eigenvalue weighted by Gasteiger charge is 2.34. The molecule has 0 unspecified atom stereocenters. The first-order chi connectivity index (χ1) is 15.8. The summed E-state index contributed by atoms with van der Waals surface area (Å²) in [5.74, 6) is 0.654. The van der Waals surface area contributed by atoms with Crippen LogP contribution in [0.25, 0.3) is 11.9 Å². The predicted octanol–water partition coefficient (Wildman–Crippen LogP) is 3.00. The molecule has 0 saturated heterocycles. The number of rotatable bonds is 4. The summed E-state index contributed by atoms with van der Waals surface area (Å²) < 4.78 is 44.1. The van der Waals surface area contributed by atoms with E-state index in [4.69, 9.17) is 4.74 Å². The summed E-state index contributed by atoms with van der Waals surface area (Å²) >= 11 is 0. The van der Waals surface area contributed by atoms with Crippen molar-refractivity contribution in [3.05, 3.63) is 106 Å². The van der Waals surface area contributed by atoms with E-state index in [1.807, 2.05) is 59.6 Å². The van der Waals surface area contributed by atoms with Crippen molar-refractivity contribution < 1.29 is 28.5 Å². The Hall–Kier alpha value is -4.11. The summed E-state index contributed by atoms with van der Waals surface area (Å²) in [5.41, 5.74) is 5.03. The van der Waals surface area contributed by atoms with Crippen LogP contribution < -0.4 is 25.6 Å². The van der Waals surface area contributed by atoms with E-state index >= 15 is 0 Å². The Bertz CT molecular complexity index is 1350. The van der Waals surface area contributed by atoms with Crippen LogP contribution in [0.3, 0.4) is 0 Å². The minimum absolute atomic E-state index is 0. The zero-order chi connectivity index (χ0) is 23.2. The second-order valence-electron chi connectivity index (χ2n) is 7.73. The molecule has 0 radical (unpaired) electrons.